The van der Waals surface area contributed by atoms with Crippen molar-refractivity contribution in [2.24, 2.45) is 5.73 Å². The Morgan fingerprint density at radius 1 is 1.00 bits per heavy atom. The first-order valence-electron chi connectivity index (χ1n) is 11.7. The maximum absolute atomic E-state index is 15.1. The van der Waals surface area contributed by atoms with Gasteiger partial charge in [0, 0.05) is 29.8 Å². The minimum absolute atomic E-state index is 0.0422. The number of halogens is 2. The van der Waals surface area contributed by atoms with Crippen molar-refractivity contribution in [3.05, 3.63) is 106 Å². The maximum atomic E-state index is 15.1. The summed E-state index contributed by atoms with van der Waals surface area (Å²) >= 11 is 7.61. The summed E-state index contributed by atoms with van der Waals surface area (Å²) < 4.78 is 48.9. The monoisotopic (exact) mass is 580 g/mol. The van der Waals surface area contributed by atoms with Gasteiger partial charge in [0.1, 0.15) is 22.2 Å². The molecule has 0 unspecified atom stereocenters. The predicted octanol–water partition coefficient (Wildman–Crippen LogP) is 7.02. The molecule has 2 heterocycles. The van der Waals surface area contributed by atoms with Crippen LogP contribution in [0.4, 0.5) is 10.2 Å². The number of thiazole rings is 1. The standard InChI is InChI=1S/C28H22ClFN4O3S2/c1-17-3-2-4-18(9-17)19-5-6-25(22(11-19)20-7-8-32-21(10-20)14-31)37-26-13-24(30)27(12-23(26)29)39(35,36)34-28-15-38-16-33-28/h2-13,15-16,34H,14,31H2,1H3. The third-order valence-electron chi connectivity index (χ3n) is 5.83. The van der Waals surface area contributed by atoms with Crippen molar-refractivity contribution in [2.45, 2.75) is 18.4 Å². The van der Waals surface area contributed by atoms with Crippen molar-refractivity contribution in [3.8, 4) is 33.8 Å². The first-order valence-corrected chi connectivity index (χ1v) is 14.5. The zero-order valence-electron chi connectivity index (χ0n) is 20.6. The number of nitrogens with one attached hydrogen (secondary N) is 1. The lowest BCUT2D eigenvalue weighted by molar-refractivity contribution is 0.475. The van der Waals surface area contributed by atoms with Gasteiger partial charge in [-0.05, 0) is 53.9 Å². The predicted molar refractivity (Wildman–Crippen MR) is 152 cm³/mol. The minimum Gasteiger partial charge on any atom is -0.455 e. The van der Waals surface area contributed by atoms with E-state index in [4.69, 9.17) is 22.1 Å². The number of nitrogens with two attached hydrogens (primary N) is 1. The number of hydrogen-bond donors (Lipinski definition) is 2. The number of pyridine rings is 1. The zero-order valence-corrected chi connectivity index (χ0v) is 22.9. The molecule has 2 aromatic heterocycles. The number of anilines is 1. The Hall–Kier alpha value is -3.83. The van der Waals surface area contributed by atoms with Crippen molar-refractivity contribution in [3.63, 3.8) is 0 Å². The molecular formula is C28H22ClFN4O3S2. The second kappa shape index (κ2) is 11.1. The largest absolute Gasteiger partial charge is 0.455 e. The van der Waals surface area contributed by atoms with E-state index < -0.39 is 20.7 Å². The Morgan fingerprint density at radius 3 is 2.56 bits per heavy atom. The molecule has 3 aromatic carbocycles. The third-order valence-corrected chi connectivity index (χ3v) is 8.09. The molecule has 0 aliphatic heterocycles. The van der Waals surface area contributed by atoms with Crippen LogP contribution in [-0.2, 0) is 16.6 Å². The molecule has 0 saturated heterocycles. The second-order valence-electron chi connectivity index (χ2n) is 8.61. The van der Waals surface area contributed by atoms with E-state index in [2.05, 4.69) is 20.8 Å². The van der Waals surface area contributed by atoms with Gasteiger partial charge in [0.25, 0.3) is 10.0 Å². The number of aryl methyl sites for hydroxylation is 1. The number of benzene rings is 3. The first-order chi connectivity index (χ1) is 18.7. The highest BCUT2D eigenvalue weighted by Gasteiger charge is 2.23. The summed E-state index contributed by atoms with van der Waals surface area (Å²) in [6, 6.07) is 19.3. The van der Waals surface area contributed by atoms with Crippen molar-refractivity contribution < 1.29 is 17.5 Å². The summed E-state index contributed by atoms with van der Waals surface area (Å²) in [7, 11) is -4.26. The van der Waals surface area contributed by atoms with Gasteiger partial charge in [0.05, 0.1) is 16.2 Å². The van der Waals surface area contributed by atoms with Crippen molar-refractivity contribution in [2.75, 3.05) is 4.72 Å². The van der Waals surface area contributed by atoms with Crippen LogP contribution in [0.3, 0.4) is 0 Å². The molecule has 0 bridgehead atoms. The molecule has 0 aliphatic rings. The molecule has 0 atom stereocenters. The van der Waals surface area contributed by atoms with Crippen LogP contribution >= 0.6 is 22.9 Å². The molecule has 3 N–H and O–H groups in total. The number of hydrogen-bond acceptors (Lipinski definition) is 7. The fraction of sp³-hybridized carbons (Fsp3) is 0.0714. The lowest BCUT2D eigenvalue weighted by Gasteiger charge is -2.16. The molecule has 11 heteroatoms. The molecule has 0 saturated carbocycles. The Bertz CT molecular complexity index is 1760. The van der Waals surface area contributed by atoms with Gasteiger partial charge in [0.15, 0.2) is 5.82 Å². The maximum Gasteiger partial charge on any atom is 0.266 e. The van der Waals surface area contributed by atoms with E-state index >= 15 is 4.39 Å². The highest BCUT2D eigenvalue weighted by molar-refractivity contribution is 7.92. The number of sulfonamides is 1. The molecule has 5 rings (SSSR count). The summed E-state index contributed by atoms with van der Waals surface area (Å²) in [5, 5.41) is 1.41. The van der Waals surface area contributed by atoms with E-state index in [0.29, 0.717) is 17.0 Å². The third kappa shape index (κ3) is 5.94. The average Bonchev–Trinajstić information content (AvgIpc) is 3.43. The van der Waals surface area contributed by atoms with Gasteiger partial charge >= 0.3 is 0 Å². The van der Waals surface area contributed by atoms with E-state index in [0.717, 1.165) is 34.4 Å². The zero-order chi connectivity index (χ0) is 27.6. The molecule has 0 radical (unpaired) electrons. The Morgan fingerprint density at radius 2 is 1.82 bits per heavy atom. The quantitative estimate of drug-likeness (QED) is 0.204. The summed E-state index contributed by atoms with van der Waals surface area (Å²) in [5.41, 5.74) is 12.5. The number of aromatic nitrogens is 2. The van der Waals surface area contributed by atoms with E-state index in [1.54, 1.807) is 12.3 Å². The van der Waals surface area contributed by atoms with E-state index in [-0.39, 0.29) is 23.1 Å². The Kier molecular flexibility index (Phi) is 7.62. The van der Waals surface area contributed by atoms with Gasteiger partial charge in [-0.25, -0.2) is 17.8 Å². The fourth-order valence-electron chi connectivity index (χ4n) is 3.97. The Balaban J connectivity index is 1.55. The SMILES string of the molecule is Cc1cccc(-c2ccc(Oc3cc(F)c(S(=O)(=O)Nc4cscn4)cc3Cl)c(-c3ccnc(CN)c3)c2)c1. The van der Waals surface area contributed by atoms with Crippen LogP contribution in [0.5, 0.6) is 11.5 Å². The highest BCUT2D eigenvalue weighted by Crippen LogP contribution is 2.40. The lowest BCUT2D eigenvalue weighted by Crippen LogP contribution is -2.15. The van der Waals surface area contributed by atoms with Crippen LogP contribution in [0.1, 0.15) is 11.3 Å². The van der Waals surface area contributed by atoms with Crippen LogP contribution in [0.15, 0.2) is 88.7 Å². The van der Waals surface area contributed by atoms with E-state index in [1.807, 2.05) is 49.4 Å². The second-order valence-corrected chi connectivity index (χ2v) is 11.4. The number of nitrogens with zero attached hydrogens (tertiary/aromatic N) is 2. The molecule has 0 spiro atoms. The van der Waals surface area contributed by atoms with Crippen LogP contribution < -0.4 is 15.2 Å². The van der Waals surface area contributed by atoms with Gasteiger partial charge in [0.2, 0.25) is 0 Å². The summed E-state index contributed by atoms with van der Waals surface area (Å²) in [4.78, 5) is 7.52. The highest BCUT2D eigenvalue weighted by atomic mass is 35.5. The topological polar surface area (TPSA) is 107 Å². The Labute approximate surface area is 234 Å². The summed E-state index contributed by atoms with van der Waals surface area (Å²) in [6.07, 6.45) is 1.66. The van der Waals surface area contributed by atoms with Crippen LogP contribution in [0.2, 0.25) is 5.02 Å². The molecule has 198 valence electrons. The first kappa shape index (κ1) is 26.8. The van der Waals surface area contributed by atoms with Gasteiger partial charge in [-0.1, -0.05) is 47.5 Å². The van der Waals surface area contributed by atoms with Crippen LogP contribution in [0, 0.1) is 12.7 Å². The van der Waals surface area contributed by atoms with Crippen molar-refractivity contribution in [1.29, 1.82) is 0 Å². The smallest absolute Gasteiger partial charge is 0.266 e. The molecule has 7 nitrogen and oxygen atoms in total. The van der Waals surface area contributed by atoms with Gasteiger partial charge < -0.3 is 10.5 Å². The molecule has 0 fully saturated rings. The van der Waals surface area contributed by atoms with E-state index in [9.17, 15) is 8.42 Å². The van der Waals surface area contributed by atoms with Gasteiger partial charge in [-0.2, -0.15) is 0 Å². The molecule has 39 heavy (non-hydrogen) atoms. The van der Waals surface area contributed by atoms with Crippen molar-refractivity contribution >= 4 is 38.8 Å². The summed E-state index contributed by atoms with van der Waals surface area (Å²) in [5.74, 6) is -0.592. The number of rotatable bonds is 8. The number of ether oxygens (including phenoxy) is 1. The van der Waals surface area contributed by atoms with E-state index in [1.165, 1.54) is 22.2 Å². The van der Waals surface area contributed by atoms with Gasteiger partial charge in [-0.15, -0.1) is 11.3 Å². The van der Waals surface area contributed by atoms with Crippen LogP contribution in [0.25, 0.3) is 22.3 Å². The molecule has 5 aromatic rings. The molecule has 0 amide bonds. The van der Waals surface area contributed by atoms with Crippen molar-refractivity contribution in [1.82, 2.24) is 9.97 Å². The lowest BCUT2D eigenvalue weighted by atomic mass is 9.97. The molecular weight excluding hydrogens is 559 g/mol. The normalized spacial score (nSPS) is 11.4. The van der Waals surface area contributed by atoms with Crippen LogP contribution in [-0.4, -0.2) is 18.4 Å². The summed E-state index contributed by atoms with van der Waals surface area (Å²) in [6.45, 7) is 2.27. The minimum atomic E-state index is -4.26. The average molecular weight is 581 g/mol. The van der Waals surface area contributed by atoms with Gasteiger partial charge in [-0.3, -0.25) is 9.71 Å². The fourth-order valence-corrected chi connectivity index (χ4v) is 5.89. The molecule has 0 aliphatic carbocycles.